The summed E-state index contributed by atoms with van der Waals surface area (Å²) in [5, 5.41) is 4.97. The van der Waals surface area contributed by atoms with Crippen LogP contribution < -0.4 is 5.32 Å². The zero-order valence-corrected chi connectivity index (χ0v) is 11.7. The lowest BCUT2D eigenvalue weighted by Crippen LogP contribution is -2.13. The summed E-state index contributed by atoms with van der Waals surface area (Å²) in [5.74, 6) is 0.0388. The normalized spacial score (nSPS) is 10.4. The minimum Gasteiger partial charge on any atom is -0.380 e. The second-order valence-electron chi connectivity index (χ2n) is 4.22. The maximum atomic E-state index is 11.9. The molecule has 0 spiro atoms. The number of hydrogen-bond donors (Lipinski definition) is 1. The Labute approximate surface area is 117 Å². The Bertz CT molecular complexity index is 523. The average Bonchev–Trinajstić information content (AvgIpc) is 2.92. The lowest BCUT2D eigenvalue weighted by molar-refractivity contribution is -0.116. The molecule has 2 aromatic rings. The van der Waals surface area contributed by atoms with Gasteiger partial charge in [-0.2, -0.15) is 0 Å². The molecule has 3 nitrogen and oxygen atoms in total. The van der Waals surface area contributed by atoms with Crippen molar-refractivity contribution in [1.82, 2.24) is 0 Å². The summed E-state index contributed by atoms with van der Waals surface area (Å²) in [6.07, 6.45) is 1.29. The standard InChI is InChI=1S/C15H17NO2S/c1-18-11-12-5-2-3-7-14(12)16-15(17)9-8-13-6-4-10-19-13/h2-7,10H,8-9,11H2,1H3,(H,16,17). The van der Waals surface area contributed by atoms with E-state index in [0.717, 1.165) is 17.7 Å². The monoisotopic (exact) mass is 275 g/mol. The Morgan fingerprint density at radius 3 is 2.84 bits per heavy atom. The Morgan fingerprint density at radius 2 is 2.11 bits per heavy atom. The van der Waals surface area contributed by atoms with Gasteiger partial charge in [0.1, 0.15) is 0 Å². The molecule has 0 saturated carbocycles. The average molecular weight is 275 g/mol. The topological polar surface area (TPSA) is 38.3 Å². The molecule has 100 valence electrons. The Balaban J connectivity index is 1.91. The van der Waals surface area contributed by atoms with E-state index in [1.165, 1.54) is 4.88 Å². The van der Waals surface area contributed by atoms with Gasteiger partial charge in [-0.15, -0.1) is 11.3 Å². The number of carbonyl (C=O) groups excluding carboxylic acids is 1. The summed E-state index contributed by atoms with van der Waals surface area (Å²) in [6, 6.07) is 11.8. The molecule has 19 heavy (non-hydrogen) atoms. The molecule has 0 unspecified atom stereocenters. The van der Waals surface area contributed by atoms with Crippen LogP contribution in [0.1, 0.15) is 16.9 Å². The highest BCUT2D eigenvalue weighted by Crippen LogP contribution is 2.17. The van der Waals surface area contributed by atoms with Gasteiger partial charge in [-0.3, -0.25) is 4.79 Å². The molecular formula is C15H17NO2S. The van der Waals surface area contributed by atoms with Crippen LogP contribution in [0, 0.1) is 0 Å². The van der Waals surface area contributed by atoms with Crippen molar-refractivity contribution in [1.29, 1.82) is 0 Å². The molecule has 0 saturated heterocycles. The number of ether oxygens (including phenoxy) is 1. The Morgan fingerprint density at radius 1 is 1.26 bits per heavy atom. The third-order valence-electron chi connectivity index (χ3n) is 2.77. The molecule has 0 aliphatic heterocycles. The summed E-state index contributed by atoms with van der Waals surface area (Å²) < 4.78 is 5.12. The second kappa shape index (κ2) is 7.07. The number of rotatable bonds is 6. The number of amides is 1. The van der Waals surface area contributed by atoms with Crippen LogP contribution in [0.3, 0.4) is 0 Å². The molecular weight excluding hydrogens is 258 g/mol. The first-order valence-corrected chi connectivity index (χ1v) is 7.06. The Kier molecular flexibility index (Phi) is 5.12. The molecule has 0 fully saturated rings. The number of hydrogen-bond acceptors (Lipinski definition) is 3. The van der Waals surface area contributed by atoms with Gasteiger partial charge in [-0.05, 0) is 23.9 Å². The van der Waals surface area contributed by atoms with Crippen molar-refractivity contribution < 1.29 is 9.53 Å². The number of methoxy groups -OCH3 is 1. The molecule has 1 heterocycles. The van der Waals surface area contributed by atoms with E-state index < -0.39 is 0 Å². The SMILES string of the molecule is COCc1ccccc1NC(=O)CCc1cccs1. The highest BCUT2D eigenvalue weighted by atomic mass is 32.1. The van der Waals surface area contributed by atoms with E-state index in [2.05, 4.69) is 11.4 Å². The number of nitrogens with one attached hydrogen (secondary N) is 1. The molecule has 2 rings (SSSR count). The van der Waals surface area contributed by atoms with Crippen LogP contribution in [-0.4, -0.2) is 13.0 Å². The summed E-state index contributed by atoms with van der Waals surface area (Å²) in [7, 11) is 1.65. The number of aryl methyl sites for hydroxylation is 1. The highest BCUT2D eigenvalue weighted by Gasteiger charge is 2.07. The molecule has 4 heteroatoms. The van der Waals surface area contributed by atoms with Gasteiger partial charge in [0.2, 0.25) is 5.91 Å². The van der Waals surface area contributed by atoms with Crippen molar-refractivity contribution in [3.8, 4) is 0 Å². The van der Waals surface area contributed by atoms with E-state index in [-0.39, 0.29) is 5.91 Å². The summed E-state index contributed by atoms with van der Waals surface area (Å²) in [5.41, 5.74) is 1.83. The van der Waals surface area contributed by atoms with Crippen molar-refractivity contribution in [2.75, 3.05) is 12.4 Å². The molecule has 0 radical (unpaired) electrons. The van der Waals surface area contributed by atoms with Crippen LogP contribution in [-0.2, 0) is 22.6 Å². The van der Waals surface area contributed by atoms with Crippen molar-refractivity contribution >= 4 is 22.9 Å². The fourth-order valence-corrected chi connectivity index (χ4v) is 2.54. The minimum atomic E-state index is 0.0388. The number of benzene rings is 1. The van der Waals surface area contributed by atoms with Crippen molar-refractivity contribution in [2.45, 2.75) is 19.4 Å². The van der Waals surface area contributed by atoms with E-state index in [1.807, 2.05) is 35.7 Å². The van der Waals surface area contributed by atoms with Crippen LogP contribution in [0.5, 0.6) is 0 Å². The molecule has 0 atom stereocenters. The molecule has 1 aromatic heterocycles. The van der Waals surface area contributed by atoms with Gasteiger partial charge in [0, 0.05) is 29.7 Å². The summed E-state index contributed by atoms with van der Waals surface area (Å²) >= 11 is 1.68. The van der Waals surface area contributed by atoms with E-state index in [4.69, 9.17) is 4.74 Å². The largest absolute Gasteiger partial charge is 0.380 e. The zero-order chi connectivity index (χ0) is 13.5. The fraction of sp³-hybridized carbons (Fsp3) is 0.267. The van der Waals surface area contributed by atoms with Gasteiger partial charge >= 0.3 is 0 Å². The molecule has 0 aliphatic rings. The first-order chi connectivity index (χ1) is 9.29. The van der Waals surface area contributed by atoms with Gasteiger partial charge in [-0.1, -0.05) is 24.3 Å². The van der Waals surface area contributed by atoms with E-state index >= 15 is 0 Å². The number of thiophene rings is 1. The molecule has 0 aliphatic carbocycles. The van der Waals surface area contributed by atoms with Gasteiger partial charge in [0.25, 0.3) is 0 Å². The first kappa shape index (κ1) is 13.8. The molecule has 1 aromatic carbocycles. The quantitative estimate of drug-likeness (QED) is 0.876. The maximum absolute atomic E-state index is 11.9. The molecule has 1 amide bonds. The predicted octanol–water partition coefficient (Wildman–Crippen LogP) is 3.47. The lowest BCUT2D eigenvalue weighted by Gasteiger charge is -2.10. The van der Waals surface area contributed by atoms with Gasteiger partial charge in [0.05, 0.1) is 6.61 Å². The second-order valence-corrected chi connectivity index (χ2v) is 5.25. The minimum absolute atomic E-state index is 0.0388. The lowest BCUT2D eigenvalue weighted by atomic mass is 10.1. The first-order valence-electron chi connectivity index (χ1n) is 6.18. The van der Waals surface area contributed by atoms with Gasteiger partial charge < -0.3 is 10.1 Å². The third-order valence-corrected chi connectivity index (χ3v) is 3.71. The predicted molar refractivity (Wildman–Crippen MR) is 78.4 cm³/mol. The number of carbonyl (C=O) groups is 1. The summed E-state index contributed by atoms with van der Waals surface area (Å²) in [6.45, 7) is 0.501. The van der Waals surface area contributed by atoms with E-state index in [0.29, 0.717) is 13.0 Å². The smallest absolute Gasteiger partial charge is 0.224 e. The van der Waals surface area contributed by atoms with E-state index in [9.17, 15) is 4.79 Å². The van der Waals surface area contributed by atoms with Gasteiger partial charge in [0.15, 0.2) is 0 Å². The van der Waals surface area contributed by atoms with E-state index in [1.54, 1.807) is 18.4 Å². The number of para-hydroxylation sites is 1. The Hall–Kier alpha value is -1.65. The van der Waals surface area contributed by atoms with Crippen LogP contribution in [0.4, 0.5) is 5.69 Å². The van der Waals surface area contributed by atoms with Crippen molar-refractivity contribution in [3.05, 3.63) is 52.2 Å². The van der Waals surface area contributed by atoms with Crippen LogP contribution in [0.15, 0.2) is 41.8 Å². The summed E-state index contributed by atoms with van der Waals surface area (Å²) in [4.78, 5) is 13.2. The van der Waals surface area contributed by atoms with Crippen molar-refractivity contribution in [3.63, 3.8) is 0 Å². The van der Waals surface area contributed by atoms with Crippen LogP contribution >= 0.6 is 11.3 Å². The zero-order valence-electron chi connectivity index (χ0n) is 10.9. The maximum Gasteiger partial charge on any atom is 0.224 e. The third kappa shape index (κ3) is 4.19. The number of anilines is 1. The van der Waals surface area contributed by atoms with Crippen LogP contribution in [0.2, 0.25) is 0 Å². The molecule has 1 N–H and O–H groups in total. The van der Waals surface area contributed by atoms with Crippen molar-refractivity contribution in [2.24, 2.45) is 0 Å². The fourth-order valence-electron chi connectivity index (χ4n) is 1.83. The van der Waals surface area contributed by atoms with Crippen LogP contribution in [0.25, 0.3) is 0 Å². The molecule has 0 bridgehead atoms. The van der Waals surface area contributed by atoms with Gasteiger partial charge in [-0.25, -0.2) is 0 Å². The highest BCUT2D eigenvalue weighted by molar-refractivity contribution is 7.09.